The Bertz CT molecular complexity index is 332. The molecule has 23 heavy (non-hydrogen) atoms. The molecule has 0 aromatic carbocycles. The van der Waals surface area contributed by atoms with E-state index in [1.165, 1.54) is 44.9 Å². The zero-order chi connectivity index (χ0) is 17.3. The number of carbonyl (C=O) groups excluding carboxylic acids is 1. The summed E-state index contributed by atoms with van der Waals surface area (Å²) >= 11 is 0. The minimum absolute atomic E-state index is 0.00313. The van der Waals surface area contributed by atoms with Crippen molar-refractivity contribution in [3.05, 3.63) is 0 Å². The van der Waals surface area contributed by atoms with Crippen molar-refractivity contribution >= 4 is 18.3 Å². The Balaban J connectivity index is 0.00000149. The molecule has 1 aliphatic rings. The topological polar surface area (TPSA) is 116 Å². The zero-order valence-corrected chi connectivity index (χ0v) is 13.8. The molecule has 0 saturated heterocycles. The first-order chi connectivity index (χ1) is 11.1. The van der Waals surface area contributed by atoms with Gasteiger partial charge in [-0.05, 0) is 12.3 Å². The maximum Gasteiger partial charge on any atom is 0.317 e. The van der Waals surface area contributed by atoms with Gasteiger partial charge in [-0.2, -0.15) is 0 Å². The van der Waals surface area contributed by atoms with Crippen LogP contribution in [-0.2, 0) is 14.4 Å². The van der Waals surface area contributed by atoms with Gasteiger partial charge in [-0.1, -0.05) is 51.4 Å². The number of aliphatic carboxylic acids is 1. The molecular weight excluding hydrogens is 300 g/mol. The van der Waals surface area contributed by atoms with Crippen LogP contribution >= 0.6 is 0 Å². The van der Waals surface area contributed by atoms with Crippen molar-refractivity contribution in [1.82, 2.24) is 10.6 Å². The molecule has 1 amide bonds. The van der Waals surface area contributed by atoms with Crippen LogP contribution in [0, 0.1) is 5.92 Å². The molecule has 134 valence electrons. The van der Waals surface area contributed by atoms with Crippen LogP contribution < -0.4 is 10.6 Å². The third-order valence-corrected chi connectivity index (χ3v) is 3.65. The summed E-state index contributed by atoms with van der Waals surface area (Å²) in [5.41, 5.74) is 0. The van der Waals surface area contributed by atoms with Crippen LogP contribution in [0.5, 0.6) is 0 Å². The van der Waals surface area contributed by atoms with Gasteiger partial charge < -0.3 is 15.5 Å². The Morgan fingerprint density at radius 3 is 2.17 bits per heavy atom. The molecule has 7 nitrogen and oxygen atoms in total. The lowest BCUT2D eigenvalue weighted by Crippen LogP contribution is -2.36. The summed E-state index contributed by atoms with van der Waals surface area (Å²) in [7, 11) is 0. The van der Waals surface area contributed by atoms with Gasteiger partial charge >= 0.3 is 5.97 Å². The van der Waals surface area contributed by atoms with Crippen molar-refractivity contribution in [3.8, 4) is 0 Å². The first-order valence-electron chi connectivity index (χ1n) is 8.37. The minimum atomic E-state index is -0.916. The lowest BCUT2D eigenvalue weighted by molar-refractivity contribution is -0.136. The number of amides is 1. The van der Waals surface area contributed by atoms with Gasteiger partial charge in [-0.3, -0.25) is 19.7 Å². The highest BCUT2D eigenvalue weighted by Gasteiger charge is 2.19. The van der Waals surface area contributed by atoms with E-state index >= 15 is 0 Å². The predicted molar refractivity (Wildman–Crippen MR) is 87.0 cm³/mol. The highest BCUT2D eigenvalue weighted by Crippen LogP contribution is 2.34. The molecule has 0 aromatic heterocycles. The summed E-state index contributed by atoms with van der Waals surface area (Å²) in [6.07, 6.45) is 12.1. The number of carboxylic acids is 1. The third kappa shape index (κ3) is 18.3. The second-order valence-electron chi connectivity index (χ2n) is 5.81. The van der Waals surface area contributed by atoms with Gasteiger partial charge in [0.2, 0.25) is 5.91 Å². The van der Waals surface area contributed by atoms with E-state index in [0.717, 1.165) is 18.8 Å². The van der Waals surface area contributed by atoms with Crippen LogP contribution in [0.4, 0.5) is 0 Å². The first kappa shape index (κ1) is 21.4. The van der Waals surface area contributed by atoms with Gasteiger partial charge in [0, 0.05) is 6.42 Å². The van der Waals surface area contributed by atoms with E-state index in [4.69, 9.17) is 15.0 Å². The second kappa shape index (κ2) is 15.3. The van der Waals surface area contributed by atoms with Crippen molar-refractivity contribution in [2.75, 3.05) is 13.2 Å². The van der Waals surface area contributed by atoms with Crippen LogP contribution in [0.1, 0.15) is 64.2 Å². The Hall–Kier alpha value is -1.63. The van der Waals surface area contributed by atoms with Crippen LogP contribution in [0.25, 0.3) is 0 Å². The molecule has 0 atom stereocenters. The molecule has 0 radical (unpaired) electrons. The van der Waals surface area contributed by atoms with Crippen LogP contribution in [0.3, 0.4) is 0 Å². The fourth-order valence-electron chi connectivity index (χ4n) is 2.25. The molecule has 7 heteroatoms. The molecule has 0 heterocycles. The van der Waals surface area contributed by atoms with Crippen molar-refractivity contribution in [3.63, 3.8) is 0 Å². The molecule has 0 aromatic rings. The zero-order valence-electron chi connectivity index (χ0n) is 13.8. The summed E-state index contributed by atoms with van der Waals surface area (Å²) in [6, 6.07) is 0. The highest BCUT2D eigenvalue weighted by atomic mass is 16.4. The average molecular weight is 330 g/mol. The largest absolute Gasteiger partial charge is 0.483 e. The molecule has 4 N–H and O–H groups in total. The summed E-state index contributed by atoms with van der Waals surface area (Å²) in [4.78, 5) is 30.0. The van der Waals surface area contributed by atoms with Gasteiger partial charge in [-0.25, -0.2) is 0 Å². The highest BCUT2D eigenvalue weighted by molar-refractivity contribution is 5.75. The van der Waals surface area contributed by atoms with E-state index in [2.05, 4.69) is 10.6 Å². The molecular formula is C16H30N2O5. The molecule has 1 rings (SSSR count). The smallest absolute Gasteiger partial charge is 0.317 e. The fourth-order valence-corrected chi connectivity index (χ4v) is 2.25. The van der Waals surface area contributed by atoms with Crippen LogP contribution in [0.15, 0.2) is 0 Å². The number of hydrogen-bond acceptors (Lipinski definition) is 4. The van der Waals surface area contributed by atoms with Crippen LogP contribution in [0.2, 0.25) is 0 Å². The van der Waals surface area contributed by atoms with Gasteiger partial charge in [-0.15, -0.1) is 0 Å². The Labute approximate surface area is 137 Å². The SMILES string of the molecule is O=C(O)CNCNC(=O)CCCCCCCCC1CC1.O=CO. The van der Waals surface area contributed by atoms with Crippen molar-refractivity contribution < 1.29 is 24.6 Å². The van der Waals surface area contributed by atoms with E-state index in [0.29, 0.717) is 6.42 Å². The molecule has 0 bridgehead atoms. The Morgan fingerprint density at radius 2 is 1.61 bits per heavy atom. The summed E-state index contributed by atoms with van der Waals surface area (Å²) in [5.74, 6) is 0.131. The minimum Gasteiger partial charge on any atom is -0.483 e. The normalized spacial score (nSPS) is 12.9. The first-order valence-corrected chi connectivity index (χ1v) is 8.37. The summed E-state index contributed by atoms with van der Waals surface area (Å²) in [6.45, 7) is -0.145. The standard InChI is InChI=1S/C15H28N2O3.CH2O2/c18-14(17-12-16-11-15(19)20)8-6-4-2-1-3-5-7-13-9-10-13;2-1-3/h13,16H,1-12H2,(H,17,18)(H,19,20);1H,(H,2,3). The number of hydrogen-bond donors (Lipinski definition) is 4. The molecule has 1 aliphatic carbocycles. The van der Waals surface area contributed by atoms with Crippen LogP contribution in [-0.4, -0.2) is 41.8 Å². The molecule has 1 fully saturated rings. The van der Waals surface area contributed by atoms with E-state index in [-0.39, 0.29) is 25.6 Å². The Kier molecular flexibility index (Phi) is 14.2. The maximum absolute atomic E-state index is 11.4. The van der Waals surface area contributed by atoms with Gasteiger partial charge in [0.15, 0.2) is 0 Å². The fraction of sp³-hybridized carbons (Fsp3) is 0.812. The lowest BCUT2D eigenvalue weighted by Gasteiger charge is -2.05. The number of carbonyl (C=O) groups is 3. The second-order valence-corrected chi connectivity index (χ2v) is 5.81. The molecule has 0 unspecified atom stereocenters. The van der Waals surface area contributed by atoms with E-state index in [9.17, 15) is 9.59 Å². The number of nitrogens with one attached hydrogen (secondary N) is 2. The summed E-state index contributed by atoms with van der Waals surface area (Å²) < 4.78 is 0. The number of carboxylic acid groups (broad SMARTS) is 2. The van der Waals surface area contributed by atoms with E-state index < -0.39 is 5.97 Å². The lowest BCUT2D eigenvalue weighted by atomic mass is 10.1. The number of rotatable bonds is 13. The third-order valence-electron chi connectivity index (χ3n) is 3.65. The molecule has 0 spiro atoms. The maximum atomic E-state index is 11.4. The average Bonchev–Trinajstić information content (AvgIpc) is 3.31. The van der Waals surface area contributed by atoms with Crippen molar-refractivity contribution in [2.24, 2.45) is 5.92 Å². The molecule has 1 saturated carbocycles. The van der Waals surface area contributed by atoms with Gasteiger partial charge in [0.05, 0.1) is 13.2 Å². The van der Waals surface area contributed by atoms with E-state index in [1.54, 1.807) is 0 Å². The quantitative estimate of drug-likeness (QED) is 0.233. The van der Waals surface area contributed by atoms with Gasteiger partial charge in [0.25, 0.3) is 6.47 Å². The molecule has 0 aliphatic heterocycles. The van der Waals surface area contributed by atoms with Gasteiger partial charge in [0.1, 0.15) is 0 Å². The Morgan fingerprint density at radius 1 is 1.04 bits per heavy atom. The van der Waals surface area contributed by atoms with Crippen molar-refractivity contribution in [1.29, 1.82) is 0 Å². The predicted octanol–water partition coefficient (Wildman–Crippen LogP) is 1.97. The van der Waals surface area contributed by atoms with Crippen molar-refractivity contribution in [2.45, 2.75) is 64.2 Å². The number of unbranched alkanes of at least 4 members (excludes halogenated alkanes) is 5. The monoisotopic (exact) mass is 330 g/mol. The van der Waals surface area contributed by atoms with E-state index in [1.807, 2.05) is 0 Å². The summed E-state index contributed by atoms with van der Waals surface area (Å²) in [5, 5.41) is 20.6.